The van der Waals surface area contributed by atoms with E-state index in [1.165, 1.54) is 13.2 Å². The number of benzene rings is 1. The number of esters is 1. The SMILES string of the molecule is COC(=O)C12CCCC1CN(c1ccc([N+](=O)[O-])c(OC(C)(C)C)c1)C2. The van der Waals surface area contributed by atoms with Gasteiger partial charge in [-0.2, -0.15) is 0 Å². The van der Waals surface area contributed by atoms with Gasteiger partial charge < -0.3 is 14.4 Å². The van der Waals surface area contributed by atoms with Crippen LogP contribution in [-0.4, -0.2) is 36.7 Å². The molecular weight excluding hydrogens is 336 g/mol. The van der Waals surface area contributed by atoms with E-state index in [1.807, 2.05) is 20.8 Å². The van der Waals surface area contributed by atoms with Crippen LogP contribution in [0.4, 0.5) is 11.4 Å². The fraction of sp³-hybridized carbons (Fsp3) is 0.632. The third-order valence-corrected chi connectivity index (χ3v) is 5.38. The lowest BCUT2D eigenvalue weighted by atomic mass is 9.81. The molecule has 1 aliphatic carbocycles. The van der Waals surface area contributed by atoms with E-state index < -0.39 is 15.9 Å². The second-order valence-corrected chi connectivity index (χ2v) is 8.24. The Morgan fingerprint density at radius 2 is 2.12 bits per heavy atom. The van der Waals surface area contributed by atoms with Crippen LogP contribution in [0, 0.1) is 21.4 Å². The van der Waals surface area contributed by atoms with Crippen molar-refractivity contribution in [2.75, 3.05) is 25.1 Å². The lowest BCUT2D eigenvalue weighted by Crippen LogP contribution is -2.36. The van der Waals surface area contributed by atoms with Gasteiger partial charge in [-0.15, -0.1) is 0 Å². The average molecular weight is 362 g/mol. The zero-order chi connectivity index (χ0) is 19.1. The van der Waals surface area contributed by atoms with Gasteiger partial charge in [0.05, 0.1) is 17.4 Å². The van der Waals surface area contributed by atoms with Gasteiger partial charge >= 0.3 is 11.7 Å². The Bertz CT molecular complexity index is 727. The Morgan fingerprint density at radius 1 is 1.38 bits per heavy atom. The van der Waals surface area contributed by atoms with E-state index in [-0.39, 0.29) is 23.3 Å². The fourth-order valence-electron chi connectivity index (χ4n) is 4.28. The van der Waals surface area contributed by atoms with Gasteiger partial charge in [-0.05, 0) is 45.6 Å². The maximum atomic E-state index is 12.4. The monoisotopic (exact) mass is 362 g/mol. The number of methoxy groups -OCH3 is 1. The van der Waals surface area contributed by atoms with Crippen molar-refractivity contribution >= 4 is 17.3 Å². The van der Waals surface area contributed by atoms with Crippen molar-refractivity contribution in [1.82, 2.24) is 0 Å². The molecule has 1 saturated heterocycles. The molecule has 1 aliphatic heterocycles. The molecule has 0 N–H and O–H groups in total. The molecule has 2 fully saturated rings. The Morgan fingerprint density at radius 3 is 2.73 bits per heavy atom. The van der Waals surface area contributed by atoms with Gasteiger partial charge in [0.25, 0.3) is 0 Å². The molecule has 2 aliphatic rings. The summed E-state index contributed by atoms with van der Waals surface area (Å²) in [4.78, 5) is 25.5. The van der Waals surface area contributed by atoms with Crippen molar-refractivity contribution < 1.29 is 19.2 Å². The highest BCUT2D eigenvalue weighted by Crippen LogP contribution is 2.51. The van der Waals surface area contributed by atoms with Crippen LogP contribution in [0.25, 0.3) is 0 Å². The number of nitro groups is 1. The number of ether oxygens (including phenoxy) is 2. The number of hydrogen-bond acceptors (Lipinski definition) is 6. The molecule has 1 aromatic carbocycles. The van der Waals surface area contributed by atoms with Crippen LogP contribution in [0.2, 0.25) is 0 Å². The van der Waals surface area contributed by atoms with E-state index in [1.54, 1.807) is 12.1 Å². The second-order valence-electron chi connectivity index (χ2n) is 8.24. The Balaban J connectivity index is 1.92. The lowest BCUT2D eigenvalue weighted by Gasteiger charge is -2.26. The Labute approximate surface area is 153 Å². The van der Waals surface area contributed by atoms with E-state index in [9.17, 15) is 14.9 Å². The van der Waals surface area contributed by atoms with Crippen LogP contribution in [0.3, 0.4) is 0 Å². The molecule has 0 spiro atoms. The van der Waals surface area contributed by atoms with Crippen molar-refractivity contribution in [3.63, 3.8) is 0 Å². The lowest BCUT2D eigenvalue weighted by molar-refractivity contribution is -0.386. The molecule has 2 unspecified atom stereocenters. The maximum Gasteiger partial charge on any atom is 0.313 e. The number of hydrogen-bond donors (Lipinski definition) is 0. The van der Waals surface area contributed by atoms with Crippen LogP contribution in [-0.2, 0) is 9.53 Å². The van der Waals surface area contributed by atoms with Crippen LogP contribution in [0.1, 0.15) is 40.0 Å². The molecule has 7 nitrogen and oxygen atoms in total. The van der Waals surface area contributed by atoms with Crippen LogP contribution in [0.15, 0.2) is 18.2 Å². The third-order valence-electron chi connectivity index (χ3n) is 5.38. The van der Waals surface area contributed by atoms with Crippen LogP contribution < -0.4 is 9.64 Å². The number of fused-ring (bicyclic) bond motifs is 1. The number of nitro benzene ring substituents is 1. The van der Waals surface area contributed by atoms with Gasteiger partial charge in [-0.3, -0.25) is 14.9 Å². The first-order valence-electron chi connectivity index (χ1n) is 8.97. The molecule has 3 rings (SSSR count). The van der Waals surface area contributed by atoms with Gasteiger partial charge in [0.1, 0.15) is 5.60 Å². The van der Waals surface area contributed by atoms with Crippen molar-refractivity contribution in [3.05, 3.63) is 28.3 Å². The second kappa shape index (κ2) is 6.45. The highest BCUT2D eigenvalue weighted by molar-refractivity contribution is 5.80. The summed E-state index contributed by atoms with van der Waals surface area (Å²) < 4.78 is 10.9. The van der Waals surface area contributed by atoms with Crippen LogP contribution in [0.5, 0.6) is 5.75 Å². The average Bonchev–Trinajstić information content (AvgIpc) is 3.10. The summed E-state index contributed by atoms with van der Waals surface area (Å²) in [6.45, 7) is 6.90. The van der Waals surface area contributed by atoms with Crippen molar-refractivity contribution in [1.29, 1.82) is 0 Å². The summed E-state index contributed by atoms with van der Waals surface area (Å²) in [5.41, 5.74) is -0.210. The van der Waals surface area contributed by atoms with Crippen molar-refractivity contribution in [2.45, 2.75) is 45.6 Å². The molecule has 1 aromatic rings. The molecule has 0 radical (unpaired) electrons. The number of carbonyl (C=O) groups excluding carboxylic acids is 1. The van der Waals surface area contributed by atoms with Gasteiger partial charge in [-0.1, -0.05) is 6.42 Å². The standard InChI is InChI=1S/C19H26N2O5/c1-18(2,3)26-16-10-14(7-8-15(16)21(23)24)20-11-13-6-5-9-19(13,12-20)17(22)25-4/h7-8,10,13H,5-6,9,11-12H2,1-4H3. The first kappa shape index (κ1) is 18.5. The molecule has 26 heavy (non-hydrogen) atoms. The normalized spacial score (nSPS) is 25.1. The quantitative estimate of drug-likeness (QED) is 0.463. The Hall–Kier alpha value is -2.31. The van der Waals surface area contributed by atoms with Crippen molar-refractivity contribution in [2.24, 2.45) is 11.3 Å². The van der Waals surface area contributed by atoms with Crippen LogP contribution >= 0.6 is 0 Å². The van der Waals surface area contributed by atoms with Gasteiger partial charge in [0.15, 0.2) is 5.75 Å². The van der Waals surface area contributed by atoms with Gasteiger partial charge in [-0.25, -0.2) is 0 Å². The molecular formula is C19H26N2O5. The van der Waals surface area contributed by atoms with E-state index in [2.05, 4.69) is 4.90 Å². The Kier molecular flexibility index (Phi) is 4.58. The summed E-state index contributed by atoms with van der Waals surface area (Å²) in [6, 6.07) is 4.93. The molecule has 2 atom stereocenters. The molecule has 7 heteroatoms. The van der Waals surface area contributed by atoms with E-state index in [0.717, 1.165) is 31.5 Å². The third kappa shape index (κ3) is 3.22. The summed E-state index contributed by atoms with van der Waals surface area (Å²) in [7, 11) is 1.44. The minimum atomic E-state index is -0.544. The minimum absolute atomic E-state index is 0.0502. The zero-order valence-corrected chi connectivity index (χ0v) is 15.8. The number of anilines is 1. The van der Waals surface area contributed by atoms with Gasteiger partial charge in [0, 0.05) is 30.9 Å². The maximum absolute atomic E-state index is 12.4. The number of carbonyl (C=O) groups is 1. The molecule has 1 heterocycles. The zero-order valence-electron chi connectivity index (χ0n) is 15.8. The minimum Gasteiger partial charge on any atom is -0.481 e. The summed E-state index contributed by atoms with van der Waals surface area (Å²) in [6.07, 6.45) is 2.87. The van der Waals surface area contributed by atoms with Gasteiger partial charge in [0.2, 0.25) is 0 Å². The highest BCUT2D eigenvalue weighted by Gasteiger charge is 2.55. The van der Waals surface area contributed by atoms with E-state index >= 15 is 0 Å². The first-order chi connectivity index (χ1) is 12.2. The van der Waals surface area contributed by atoms with E-state index in [0.29, 0.717) is 6.54 Å². The summed E-state index contributed by atoms with van der Waals surface area (Å²) in [5, 5.41) is 11.3. The van der Waals surface area contributed by atoms with E-state index in [4.69, 9.17) is 9.47 Å². The fourth-order valence-corrected chi connectivity index (χ4v) is 4.28. The molecule has 0 aromatic heterocycles. The predicted octanol–water partition coefficient (Wildman–Crippen LogP) is 3.55. The molecule has 0 bridgehead atoms. The number of rotatable bonds is 4. The molecule has 0 amide bonds. The smallest absolute Gasteiger partial charge is 0.313 e. The molecule has 1 saturated carbocycles. The highest BCUT2D eigenvalue weighted by atomic mass is 16.6. The summed E-state index contributed by atoms with van der Waals surface area (Å²) in [5.74, 6) is 0.372. The largest absolute Gasteiger partial charge is 0.481 e. The predicted molar refractivity (Wildman–Crippen MR) is 97.5 cm³/mol. The number of nitrogens with zero attached hydrogens (tertiary/aromatic N) is 2. The first-order valence-corrected chi connectivity index (χ1v) is 8.97. The molecule has 142 valence electrons. The summed E-state index contributed by atoms with van der Waals surface area (Å²) >= 11 is 0. The topological polar surface area (TPSA) is 81.9 Å². The van der Waals surface area contributed by atoms with Crippen molar-refractivity contribution in [3.8, 4) is 5.75 Å².